The standard InChI is InChI=1S/C6H6S2/c7-6-4-2-1-3-5-8-6/h2-5H,1H2. The molecule has 0 saturated carbocycles. The zero-order chi connectivity index (χ0) is 5.82. The maximum atomic E-state index is 4.92. The summed E-state index contributed by atoms with van der Waals surface area (Å²) in [5, 5.41) is 2.03. The molecule has 0 fully saturated rings. The lowest BCUT2D eigenvalue weighted by molar-refractivity contribution is 1.41. The number of hydrogen-bond donors (Lipinski definition) is 0. The first kappa shape index (κ1) is 6.05. The van der Waals surface area contributed by atoms with E-state index in [4.69, 9.17) is 12.2 Å². The Morgan fingerprint density at radius 1 is 1.50 bits per heavy atom. The van der Waals surface area contributed by atoms with Gasteiger partial charge in [0.25, 0.3) is 0 Å². The van der Waals surface area contributed by atoms with Crippen LogP contribution in [-0.2, 0) is 0 Å². The van der Waals surface area contributed by atoms with Gasteiger partial charge >= 0.3 is 0 Å². The van der Waals surface area contributed by atoms with E-state index >= 15 is 0 Å². The highest BCUT2D eigenvalue weighted by Gasteiger charge is 1.88. The van der Waals surface area contributed by atoms with E-state index in [0.29, 0.717) is 0 Å². The first-order valence-corrected chi connectivity index (χ1v) is 3.70. The molecule has 0 N–H and O–H groups in total. The summed E-state index contributed by atoms with van der Waals surface area (Å²) in [6.07, 6.45) is 7.16. The van der Waals surface area contributed by atoms with E-state index in [9.17, 15) is 0 Å². The topological polar surface area (TPSA) is 0 Å². The molecule has 0 aromatic carbocycles. The molecule has 0 radical (unpaired) electrons. The average molecular weight is 142 g/mol. The summed E-state index contributed by atoms with van der Waals surface area (Å²) in [5.74, 6) is 0. The molecule has 1 aliphatic rings. The number of thiocarbonyl (C=S) groups is 1. The SMILES string of the molecule is S=C1C=CCC=CS1. The summed E-state index contributed by atoms with van der Waals surface area (Å²) < 4.78 is 0.957. The van der Waals surface area contributed by atoms with Crippen LogP contribution in [0.25, 0.3) is 0 Å². The van der Waals surface area contributed by atoms with Crippen LogP contribution >= 0.6 is 24.0 Å². The van der Waals surface area contributed by atoms with Crippen LogP contribution in [0.2, 0.25) is 0 Å². The van der Waals surface area contributed by atoms with Crippen molar-refractivity contribution in [2.45, 2.75) is 6.42 Å². The van der Waals surface area contributed by atoms with Crippen molar-refractivity contribution in [3.05, 3.63) is 23.6 Å². The largest absolute Gasteiger partial charge is 0.0867 e. The Morgan fingerprint density at radius 3 is 3.25 bits per heavy atom. The van der Waals surface area contributed by atoms with E-state index in [0.717, 1.165) is 10.6 Å². The molecule has 0 aromatic rings. The van der Waals surface area contributed by atoms with Crippen LogP contribution in [-0.4, -0.2) is 4.20 Å². The predicted molar refractivity (Wildman–Crippen MR) is 43.1 cm³/mol. The smallest absolute Gasteiger partial charge is 0.0744 e. The Labute approximate surface area is 58.7 Å². The molecule has 0 spiro atoms. The maximum absolute atomic E-state index is 4.92. The van der Waals surface area contributed by atoms with Gasteiger partial charge in [-0.15, -0.1) is 0 Å². The molecule has 42 valence electrons. The number of hydrogen-bond acceptors (Lipinski definition) is 2. The van der Waals surface area contributed by atoms with Gasteiger partial charge in [0.05, 0.1) is 4.20 Å². The quantitative estimate of drug-likeness (QED) is 0.477. The number of allylic oxidation sites excluding steroid dienone is 2. The molecular formula is C6H6S2. The van der Waals surface area contributed by atoms with Crippen LogP contribution in [0.4, 0.5) is 0 Å². The summed E-state index contributed by atoms with van der Waals surface area (Å²) in [6, 6.07) is 0. The highest BCUT2D eigenvalue weighted by atomic mass is 32.2. The second-order valence-corrected chi connectivity index (χ2v) is 3.09. The first-order chi connectivity index (χ1) is 3.89. The first-order valence-electron chi connectivity index (χ1n) is 2.42. The van der Waals surface area contributed by atoms with Gasteiger partial charge < -0.3 is 0 Å². The second-order valence-electron chi connectivity index (χ2n) is 1.45. The minimum absolute atomic E-state index is 0.957. The van der Waals surface area contributed by atoms with Crippen molar-refractivity contribution in [3.8, 4) is 0 Å². The molecule has 1 aliphatic heterocycles. The minimum Gasteiger partial charge on any atom is -0.0867 e. The fourth-order valence-corrected chi connectivity index (χ4v) is 1.23. The highest BCUT2D eigenvalue weighted by molar-refractivity contribution is 8.25. The molecule has 0 unspecified atom stereocenters. The number of rotatable bonds is 0. The van der Waals surface area contributed by atoms with Gasteiger partial charge in [0.1, 0.15) is 0 Å². The normalized spacial score (nSPS) is 18.8. The lowest BCUT2D eigenvalue weighted by Gasteiger charge is -1.82. The fourth-order valence-electron chi connectivity index (χ4n) is 0.453. The van der Waals surface area contributed by atoms with Crippen molar-refractivity contribution in [2.24, 2.45) is 0 Å². The molecule has 0 atom stereocenters. The van der Waals surface area contributed by atoms with E-state index in [1.165, 1.54) is 0 Å². The van der Waals surface area contributed by atoms with Gasteiger partial charge in [0.2, 0.25) is 0 Å². The third kappa shape index (κ3) is 1.80. The van der Waals surface area contributed by atoms with Crippen molar-refractivity contribution < 1.29 is 0 Å². The molecule has 8 heavy (non-hydrogen) atoms. The Balaban J connectivity index is 2.61. The van der Waals surface area contributed by atoms with Crippen LogP contribution in [0.5, 0.6) is 0 Å². The van der Waals surface area contributed by atoms with E-state index < -0.39 is 0 Å². The van der Waals surface area contributed by atoms with Crippen LogP contribution in [0.1, 0.15) is 6.42 Å². The van der Waals surface area contributed by atoms with E-state index in [1.807, 2.05) is 11.5 Å². The Kier molecular flexibility index (Phi) is 2.30. The van der Waals surface area contributed by atoms with E-state index in [2.05, 4.69) is 12.2 Å². The van der Waals surface area contributed by atoms with Gasteiger partial charge in [-0.2, -0.15) is 0 Å². The summed E-state index contributed by atoms with van der Waals surface area (Å²) in [5.41, 5.74) is 0. The van der Waals surface area contributed by atoms with Crippen molar-refractivity contribution in [3.63, 3.8) is 0 Å². The Hall–Kier alpha value is -0.0800. The third-order valence-corrected chi connectivity index (χ3v) is 1.93. The van der Waals surface area contributed by atoms with Gasteiger partial charge in [0.15, 0.2) is 0 Å². The molecule has 0 bridgehead atoms. The van der Waals surface area contributed by atoms with Gasteiger partial charge in [-0.05, 0) is 17.9 Å². The van der Waals surface area contributed by atoms with Crippen LogP contribution in [0.15, 0.2) is 23.6 Å². The van der Waals surface area contributed by atoms with Crippen molar-refractivity contribution in [1.82, 2.24) is 0 Å². The van der Waals surface area contributed by atoms with Gasteiger partial charge in [-0.3, -0.25) is 0 Å². The predicted octanol–water partition coefficient (Wildman–Crippen LogP) is 2.52. The van der Waals surface area contributed by atoms with E-state index in [-0.39, 0.29) is 0 Å². The van der Waals surface area contributed by atoms with Gasteiger partial charge in [-0.25, -0.2) is 0 Å². The molecule has 0 aromatic heterocycles. The molecule has 0 amide bonds. The van der Waals surface area contributed by atoms with E-state index in [1.54, 1.807) is 11.8 Å². The second kappa shape index (κ2) is 3.05. The zero-order valence-corrected chi connectivity index (χ0v) is 5.97. The minimum atomic E-state index is 0.957. The Bertz CT molecular complexity index is 145. The van der Waals surface area contributed by atoms with Crippen LogP contribution < -0.4 is 0 Å². The van der Waals surface area contributed by atoms with Crippen LogP contribution in [0, 0.1) is 0 Å². The zero-order valence-electron chi connectivity index (χ0n) is 4.33. The van der Waals surface area contributed by atoms with Crippen molar-refractivity contribution >= 4 is 28.2 Å². The third-order valence-electron chi connectivity index (χ3n) is 0.807. The lowest BCUT2D eigenvalue weighted by atomic mass is 10.4. The van der Waals surface area contributed by atoms with Gasteiger partial charge in [0, 0.05) is 0 Å². The molecule has 1 heterocycles. The molecule has 1 rings (SSSR count). The molecule has 0 nitrogen and oxygen atoms in total. The Morgan fingerprint density at radius 2 is 2.38 bits per heavy atom. The molecule has 0 aliphatic carbocycles. The van der Waals surface area contributed by atoms with Gasteiger partial charge in [-0.1, -0.05) is 36.1 Å². The summed E-state index contributed by atoms with van der Waals surface area (Å²) >= 11 is 6.52. The summed E-state index contributed by atoms with van der Waals surface area (Å²) in [4.78, 5) is 0. The maximum Gasteiger partial charge on any atom is 0.0744 e. The molecule has 2 heteroatoms. The lowest BCUT2D eigenvalue weighted by Crippen LogP contribution is -1.71. The number of thioether (sulfide) groups is 1. The fraction of sp³-hybridized carbons (Fsp3) is 0.167. The van der Waals surface area contributed by atoms with Crippen molar-refractivity contribution in [1.29, 1.82) is 0 Å². The van der Waals surface area contributed by atoms with Crippen LogP contribution in [0.3, 0.4) is 0 Å². The van der Waals surface area contributed by atoms with Crippen molar-refractivity contribution in [2.75, 3.05) is 0 Å². The average Bonchev–Trinajstić information content (AvgIpc) is 1.94. The molecule has 0 saturated heterocycles. The monoisotopic (exact) mass is 142 g/mol. The molecular weight excluding hydrogens is 136 g/mol. The highest BCUT2D eigenvalue weighted by Crippen LogP contribution is 2.11. The summed E-state index contributed by atoms with van der Waals surface area (Å²) in [6.45, 7) is 0. The summed E-state index contributed by atoms with van der Waals surface area (Å²) in [7, 11) is 0.